The molecule has 19 heavy (non-hydrogen) atoms. The second kappa shape index (κ2) is 6.31. The SMILES string of the molecule is O=[N+]([O-])c1ccc(F)cc1NCCC1=CCCCC1. The summed E-state index contributed by atoms with van der Waals surface area (Å²) in [7, 11) is 0. The van der Waals surface area contributed by atoms with Gasteiger partial charge in [0.05, 0.1) is 4.92 Å². The minimum atomic E-state index is -0.498. The largest absolute Gasteiger partial charge is 0.379 e. The van der Waals surface area contributed by atoms with Crippen LogP contribution >= 0.6 is 0 Å². The molecule has 0 radical (unpaired) electrons. The summed E-state index contributed by atoms with van der Waals surface area (Å²) >= 11 is 0. The third kappa shape index (κ3) is 3.77. The van der Waals surface area contributed by atoms with Gasteiger partial charge in [0.15, 0.2) is 0 Å². The normalized spacial score (nSPS) is 14.9. The van der Waals surface area contributed by atoms with Crippen LogP contribution < -0.4 is 5.32 Å². The number of anilines is 1. The van der Waals surface area contributed by atoms with Gasteiger partial charge < -0.3 is 5.32 Å². The van der Waals surface area contributed by atoms with Crippen LogP contribution in [0.4, 0.5) is 15.8 Å². The summed E-state index contributed by atoms with van der Waals surface area (Å²) in [6.45, 7) is 0.593. The first-order valence-corrected chi connectivity index (χ1v) is 6.52. The first-order chi connectivity index (χ1) is 9.16. The smallest absolute Gasteiger partial charge is 0.292 e. The van der Waals surface area contributed by atoms with Crippen molar-refractivity contribution in [1.29, 1.82) is 0 Å². The van der Waals surface area contributed by atoms with Gasteiger partial charge in [0.2, 0.25) is 0 Å². The zero-order chi connectivity index (χ0) is 13.7. The lowest BCUT2D eigenvalue weighted by molar-refractivity contribution is -0.384. The first-order valence-electron chi connectivity index (χ1n) is 6.52. The summed E-state index contributed by atoms with van der Waals surface area (Å²) in [4.78, 5) is 10.3. The van der Waals surface area contributed by atoms with E-state index in [2.05, 4.69) is 11.4 Å². The number of nitro groups is 1. The Labute approximate surface area is 111 Å². The Morgan fingerprint density at radius 1 is 1.37 bits per heavy atom. The van der Waals surface area contributed by atoms with Crippen molar-refractivity contribution in [3.05, 3.63) is 45.8 Å². The highest BCUT2D eigenvalue weighted by atomic mass is 19.1. The molecule has 5 heteroatoms. The van der Waals surface area contributed by atoms with Crippen molar-refractivity contribution >= 4 is 11.4 Å². The van der Waals surface area contributed by atoms with Crippen LogP contribution in [-0.2, 0) is 0 Å². The third-order valence-electron chi connectivity index (χ3n) is 3.30. The average Bonchev–Trinajstić information content (AvgIpc) is 2.39. The van der Waals surface area contributed by atoms with E-state index in [1.807, 2.05) is 0 Å². The van der Waals surface area contributed by atoms with Crippen LogP contribution in [0.3, 0.4) is 0 Å². The predicted molar refractivity (Wildman–Crippen MR) is 72.7 cm³/mol. The summed E-state index contributed by atoms with van der Waals surface area (Å²) in [5.41, 5.74) is 1.55. The molecule has 102 valence electrons. The van der Waals surface area contributed by atoms with Gasteiger partial charge in [0, 0.05) is 18.7 Å². The van der Waals surface area contributed by atoms with Gasteiger partial charge in [-0.15, -0.1) is 0 Å². The lowest BCUT2D eigenvalue weighted by Gasteiger charge is -2.13. The fraction of sp³-hybridized carbons (Fsp3) is 0.429. The summed E-state index contributed by atoms with van der Waals surface area (Å²) in [6.07, 6.45) is 7.78. The van der Waals surface area contributed by atoms with Crippen LogP contribution in [0, 0.1) is 15.9 Å². The van der Waals surface area contributed by atoms with Gasteiger partial charge in [-0.25, -0.2) is 4.39 Å². The summed E-state index contributed by atoms with van der Waals surface area (Å²) in [6, 6.07) is 3.47. The number of halogens is 1. The van der Waals surface area contributed by atoms with Gasteiger partial charge in [-0.3, -0.25) is 10.1 Å². The number of hydrogen-bond acceptors (Lipinski definition) is 3. The molecule has 0 saturated heterocycles. The molecular weight excluding hydrogens is 247 g/mol. The number of nitrogens with one attached hydrogen (secondary N) is 1. The molecule has 1 aliphatic rings. The van der Waals surface area contributed by atoms with E-state index in [1.165, 1.54) is 30.5 Å². The summed E-state index contributed by atoms with van der Waals surface area (Å²) in [5, 5.41) is 13.8. The van der Waals surface area contributed by atoms with Crippen molar-refractivity contribution in [2.45, 2.75) is 32.1 Å². The maximum absolute atomic E-state index is 13.1. The molecular formula is C14H17FN2O2. The Kier molecular flexibility index (Phi) is 4.49. The topological polar surface area (TPSA) is 55.2 Å². The molecule has 0 atom stereocenters. The van der Waals surface area contributed by atoms with Gasteiger partial charge >= 0.3 is 0 Å². The number of benzene rings is 1. The average molecular weight is 264 g/mol. The molecule has 0 aliphatic heterocycles. The molecule has 0 saturated carbocycles. The van der Waals surface area contributed by atoms with E-state index < -0.39 is 10.7 Å². The zero-order valence-corrected chi connectivity index (χ0v) is 10.7. The van der Waals surface area contributed by atoms with Crippen LogP contribution in [0.2, 0.25) is 0 Å². The number of nitro benzene ring substituents is 1. The van der Waals surface area contributed by atoms with Crippen molar-refractivity contribution in [2.24, 2.45) is 0 Å². The zero-order valence-electron chi connectivity index (χ0n) is 10.7. The monoisotopic (exact) mass is 264 g/mol. The van der Waals surface area contributed by atoms with Gasteiger partial charge in [-0.2, -0.15) is 0 Å². The summed E-state index contributed by atoms with van der Waals surface area (Å²) < 4.78 is 13.1. The molecule has 0 bridgehead atoms. The molecule has 0 aromatic heterocycles. The Balaban J connectivity index is 1.96. The molecule has 0 unspecified atom stereocenters. The van der Waals surface area contributed by atoms with Crippen molar-refractivity contribution in [2.75, 3.05) is 11.9 Å². The Hall–Kier alpha value is -1.91. The Morgan fingerprint density at radius 2 is 2.21 bits per heavy atom. The summed E-state index contributed by atoms with van der Waals surface area (Å²) in [5.74, 6) is -0.468. The van der Waals surface area contributed by atoms with E-state index >= 15 is 0 Å². The van der Waals surface area contributed by atoms with Gasteiger partial charge in [0.25, 0.3) is 5.69 Å². The van der Waals surface area contributed by atoms with Crippen molar-refractivity contribution in [3.63, 3.8) is 0 Å². The van der Waals surface area contributed by atoms with E-state index in [0.29, 0.717) is 6.54 Å². The Bertz CT molecular complexity index is 500. The molecule has 0 heterocycles. The second-order valence-corrected chi connectivity index (χ2v) is 4.70. The van der Waals surface area contributed by atoms with Crippen LogP contribution in [0.5, 0.6) is 0 Å². The van der Waals surface area contributed by atoms with E-state index in [4.69, 9.17) is 0 Å². The molecule has 0 spiro atoms. The Morgan fingerprint density at radius 3 is 2.89 bits per heavy atom. The third-order valence-corrected chi connectivity index (χ3v) is 3.30. The molecule has 1 aromatic carbocycles. The van der Waals surface area contributed by atoms with E-state index in [-0.39, 0.29) is 11.4 Å². The lowest BCUT2D eigenvalue weighted by atomic mass is 9.97. The van der Waals surface area contributed by atoms with Crippen molar-refractivity contribution < 1.29 is 9.31 Å². The van der Waals surface area contributed by atoms with Crippen LogP contribution in [-0.4, -0.2) is 11.5 Å². The maximum Gasteiger partial charge on any atom is 0.292 e. The maximum atomic E-state index is 13.1. The molecule has 2 rings (SSSR count). The second-order valence-electron chi connectivity index (χ2n) is 4.70. The highest BCUT2D eigenvalue weighted by Gasteiger charge is 2.14. The fourth-order valence-corrected chi connectivity index (χ4v) is 2.30. The van der Waals surface area contributed by atoms with Crippen LogP contribution in [0.25, 0.3) is 0 Å². The van der Waals surface area contributed by atoms with Gasteiger partial charge in [-0.1, -0.05) is 11.6 Å². The predicted octanol–water partition coefficient (Wildman–Crippen LogP) is 4.04. The molecule has 1 N–H and O–H groups in total. The van der Waals surface area contributed by atoms with Crippen molar-refractivity contribution in [3.8, 4) is 0 Å². The molecule has 1 aliphatic carbocycles. The number of rotatable bonds is 5. The standard InChI is InChI=1S/C14H17FN2O2/c15-12-6-7-14(17(18)19)13(10-12)16-9-8-11-4-2-1-3-5-11/h4,6-7,10,16H,1-3,5,8-9H2. The molecule has 0 amide bonds. The van der Waals surface area contributed by atoms with Gasteiger partial charge in [0.1, 0.15) is 11.5 Å². The van der Waals surface area contributed by atoms with Crippen LogP contribution in [0.15, 0.2) is 29.8 Å². The number of nitrogens with zero attached hydrogens (tertiary/aromatic N) is 1. The lowest BCUT2D eigenvalue weighted by Crippen LogP contribution is -2.06. The minimum Gasteiger partial charge on any atom is -0.379 e. The molecule has 1 aromatic rings. The molecule has 4 nitrogen and oxygen atoms in total. The number of allylic oxidation sites excluding steroid dienone is 1. The highest BCUT2D eigenvalue weighted by molar-refractivity contribution is 5.61. The minimum absolute atomic E-state index is 0.0842. The highest BCUT2D eigenvalue weighted by Crippen LogP contribution is 2.26. The van der Waals surface area contributed by atoms with E-state index in [1.54, 1.807) is 0 Å². The molecule has 0 fully saturated rings. The quantitative estimate of drug-likeness (QED) is 0.496. The van der Waals surface area contributed by atoms with E-state index in [0.717, 1.165) is 25.3 Å². The fourth-order valence-electron chi connectivity index (χ4n) is 2.30. The van der Waals surface area contributed by atoms with Crippen molar-refractivity contribution in [1.82, 2.24) is 0 Å². The van der Waals surface area contributed by atoms with Crippen LogP contribution in [0.1, 0.15) is 32.1 Å². The first kappa shape index (κ1) is 13.5. The number of hydrogen-bond donors (Lipinski definition) is 1. The van der Waals surface area contributed by atoms with Gasteiger partial charge in [-0.05, 0) is 38.2 Å². The van der Waals surface area contributed by atoms with E-state index in [9.17, 15) is 14.5 Å².